The van der Waals surface area contributed by atoms with Gasteiger partial charge in [0.25, 0.3) is 0 Å². The van der Waals surface area contributed by atoms with Crippen LogP contribution in [0.25, 0.3) is 11.4 Å². The lowest BCUT2D eigenvalue weighted by Gasteiger charge is -2.22. The van der Waals surface area contributed by atoms with Crippen molar-refractivity contribution in [2.75, 3.05) is 14.2 Å². The second-order valence-electron chi connectivity index (χ2n) is 8.00. The number of carbonyl (C=O) groups excluding carboxylic acids is 1. The van der Waals surface area contributed by atoms with Gasteiger partial charge in [-0.2, -0.15) is 4.98 Å². The van der Waals surface area contributed by atoms with E-state index in [-0.39, 0.29) is 11.9 Å². The predicted octanol–water partition coefficient (Wildman–Crippen LogP) is 4.74. The number of hydrogen-bond acceptors (Lipinski definition) is 6. The minimum atomic E-state index is -0.223. The molecule has 1 atom stereocenters. The van der Waals surface area contributed by atoms with Crippen LogP contribution in [0.4, 0.5) is 0 Å². The maximum atomic E-state index is 12.6. The van der Waals surface area contributed by atoms with Crippen molar-refractivity contribution in [1.29, 1.82) is 0 Å². The number of likely N-dealkylation sites (tertiary alicyclic amines) is 1. The zero-order chi connectivity index (χ0) is 22.0. The van der Waals surface area contributed by atoms with Crippen LogP contribution in [0.2, 0.25) is 0 Å². The lowest BCUT2D eigenvalue weighted by Crippen LogP contribution is -2.27. The number of ether oxygens (including phenoxy) is 2. The van der Waals surface area contributed by atoms with Gasteiger partial charge in [0.05, 0.1) is 14.2 Å². The fraction of sp³-hybridized carbons (Fsp3) is 0.375. The van der Waals surface area contributed by atoms with Crippen molar-refractivity contribution in [2.24, 2.45) is 0 Å². The lowest BCUT2D eigenvalue weighted by molar-refractivity contribution is -0.129. The van der Waals surface area contributed by atoms with Crippen LogP contribution in [-0.2, 0) is 11.3 Å². The van der Waals surface area contributed by atoms with E-state index in [2.05, 4.69) is 48.3 Å². The maximum absolute atomic E-state index is 12.6. The van der Waals surface area contributed by atoms with Crippen molar-refractivity contribution in [2.45, 2.75) is 45.2 Å². The van der Waals surface area contributed by atoms with Gasteiger partial charge in [0.1, 0.15) is 6.04 Å². The van der Waals surface area contributed by atoms with Crippen LogP contribution >= 0.6 is 0 Å². The molecule has 7 heteroatoms. The van der Waals surface area contributed by atoms with Crippen molar-refractivity contribution in [1.82, 2.24) is 15.0 Å². The Morgan fingerprint density at radius 2 is 1.84 bits per heavy atom. The average molecular weight is 421 g/mol. The minimum absolute atomic E-state index is 0.101. The molecule has 1 saturated heterocycles. The van der Waals surface area contributed by atoms with Crippen LogP contribution in [0.1, 0.15) is 55.7 Å². The Hall–Kier alpha value is -3.35. The van der Waals surface area contributed by atoms with Crippen LogP contribution < -0.4 is 9.47 Å². The molecular weight excluding hydrogens is 394 g/mol. The standard InChI is InChI=1S/C24H27N3O4/c1-15(2)17-7-5-16(6-8-17)14-27-19(10-12-22(27)28)24-25-23(26-31-24)18-9-11-20(29-3)21(13-18)30-4/h5-9,11,13,15,19H,10,12,14H2,1-4H3. The normalized spacial score (nSPS) is 16.2. The van der Waals surface area contributed by atoms with Crippen molar-refractivity contribution < 1.29 is 18.8 Å². The molecule has 0 saturated carbocycles. The molecule has 31 heavy (non-hydrogen) atoms. The van der Waals surface area contributed by atoms with E-state index in [9.17, 15) is 4.79 Å². The highest BCUT2D eigenvalue weighted by atomic mass is 16.5. The summed E-state index contributed by atoms with van der Waals surface area (Å²) in [4.78, 5) is 19.0. The van der Waals surface area contributed by atoms with Gasteiger partial charge in [-0.25, -0.2) is 0 Å². The van der Waals surface area contributed by atoms with Gasteiger partial charge in [-0.3, -0.25) is 4.79 Å². The van der Waals surface area contributed by atoms with Gasteiger partial charge < -0.3 is 18.9 Å². The lowest BCUT2D eigenvalue weighted by atomic mass is 10.0. The summed E-state index contributed by atoms with van der Waals surface area (Å²) in [5, 5.41) is 4.14. The van der Waals surface area contributed by atoms with Crippen LogP contribution in [0.5, 0.6) is 11.5 Å². The fourth-order valence-electron chi connectivity index (χ4n) is 3.86. The molecular formula is C24H27N3O4. The fourth-order valence-corrected chi connectivity index (χ4v) is 3.86. The number of aromatic nitrogens is 2. The van der Waals surface area contributed by atoms with E-state index in [1.807, 2.05) is 11.0 Å². The van der Waals surface area contributed by atoms with Gasteiger partial charge in [0.15, 0.2) is 11.5 Å². The molecule has 1 aliphatic rings. The topological polar surface area (TPSA) is 77.7 Å². The van der Waals surface area contributed by atoms with E-state index < -0.39 is 0 Å². The third-order valence-electron chi connectivity index (χ3n) is 5.70. The first kappa shape index (κ1) is 20.9. The Balaban J connectivity index is 1.55. The van der Waals surface area contributed by atoms with Crippen LogP contribution in [0.3, 0.4) is 0 Å². The molecule has 3 aromatic rings. The number of methoxy groups -OCH3 is 2. The highest BCUT2D eigenvalue weighted by molar-refractivity contribution is 5.79. The van der Waals surface area contributed by atoms with Crippen molar-refractivity contribution in [3.63, 3.8) is 0 Å². The molecule has 1 aromatic heterocycles. The summed E-state index contributed by atoms with van der Waals surface area (Å²) in [6.07, 6.45) is 1.14. The first-order chi connectivity index (χ1) is 15.0. The molecule has 1 aliphatic heterocycles. The van der Waals surface area contributed by atoms with Crippen LogP contribution in [-0.4, -0.2) is 35.2 Å². The van der Waals surface area contributed by atoms with Crippen molar-refractivity contribution in [3.8, 4) is 22.9 Å². The summed E-state index contributed by atoms with van der Waals surface area (Å²) in [5.74, 6) is 2.71. The summed E-state index contributed by atoms with van der Waals surface area (Å²) >= 11 is 0. The van der Waals surface area contributed by atoms with Crippen LogP contribution in [0.15, 0.2) is 47.0 Å². The molecule has 2 aromatic carbocycles. The minimum Gasteiger partial charge on any atom is -0.493 e. The smallest absolute Gasteiger partial charge is 0.249 e. The zero-order valence-electron chi connectivity index (χ0n) is 18.3. The van der Waals surface area contributed by atoms with Gasteiger partial charge in [0, 0.05) is 18.5 Å². The largest absolute Gasteiger partial charge is 0.493 e. The average Bonchev–Trinajstić information content (AvgIpc) is 3.41. The van der Waals surface area contributed by atoms with Crippen molar-refractivity contribution in [3.05, 3.63) is 59.5 Å². The van der Waals surface area contributed by atoms with Crippen molar-refractivity contribution >= 4 is 5.91 Å². The molecule has 0 bridgehead atoms. The Bertz CT molecular complexity index is 1060. The quantitative estimate of drug-likeness (QED) is 0.548. The molecule has 0 radical (unpaired) electrons. The van der Waals surface area contributed by atoms with E-state index >= 15 is 0 Å². The number of benzene rings is 2. The Morgan fingerprint density at radius 1 is 1.10 bits per heavy atom. The van der Waals surface area contributed by atoms with E-state index in [0.29, 0.717) is 48.5 Å². The number of rotatable bonds is 7. The van der Waals surface area contributed by atoms with Crippen LogP contribution in [0, 0.1) is 0 Å². The summed E-state index contributed by atoms with van der Waals surface area (Å²) in [6, 6.07) is 13.6. The molecule has 1 amide bonds. The van der Waals surface area contributed by atoms with Gasteiger partial charge in [-0.1, -0.05) is 43.3 Å². The van der Waals surface area contributed by atoms with Gasteiger partial charge >= 0.3 is 0 Å². The first-order valence-electron chi connectivity index (χ1n) is 10.4. The highest BCUT2D eigenvalue weighted by Crippen LogP contribution is 2.36. The monoisotopic (exact) mass is 421 g/mol. The predicted molar refractivity (Wildman–Crippen MR) is 116 cm³/mol. The summed E-state index contributed by atoms with van der Waals surface area (Å²) in [7, 11) is 3.17. The summed E-state index contributed by atoms with van der Waals surface area (Å²) < 4.78 is 16.2. The molecule has 7 nitrogen and oxygen atoms in total. The summed E-state index contributed by atoms with van der Waals surface area (Å²) in [6.45, 7) is 4.86. The maximum Gasteiger partial charge on any atom is 0.249 e. The third-order valence-corrected chi connectivity index (χ3v) is 5.70. The second kappa shape index (κ2) is 8.79. The number of nitrogens with zero attached hydrogens (tertiary/aromatic N) is 3. The molecule has 0 spiro atoms. The Labute approximate surface area is 182 Å². The second-order valence-corrected chi connectivity index (χ2v) is 8.00. The molecule has 162 valence electrons. The molecule has 4 rings (SSSR count). The number of hydrogen-bond donors (Lipinski definition) is 0. The van der Waals surface area contributed by atoms with Gasteiger partial charge in [-0.15, -0.1) is 0 Å². The summed E-state index contributed by atoms with van der Waals surface area (Å²) in [5.41, 5.74) is 3.13. The van der Waals surface area contributed by atoms with E-state index in [1.165, 1.54) is 5.56 Å². The SMILES string of the molecule is COc1ccc(-c2noc(C3CCC(=O)N3Cc3ccc(C(C)C)cc3)n2)cc1OC. The van der Waals surface area contributed by atoms with E-state index in [1.54, 1.807) is 26.4 Å². The Kier molecular flexibility index (Phi) is 5.93. The molecule has 1 unspecified atom stereocenters. The highest BCUT2D eigenvalue weighted by Gasteiger charge is 2.36. The number of amides is 1. The Morgan fingerprint density at radius 3 is 2.52 bits per heavy atom. The van der Waals surface area contributed by atoms with Gasteiger partial charge in [-0.05, 0) is 41.7 Å². The molecule has 2 heterocycles. The molecule has 0 aliphatic carbocycles. The van der Waals surface area contributed by atoms with E-state index in [0.717, 1.165) is 11.1 Å². The zero-order valence-corrected chi connectivity index (χ0v) is 18.3. The van der Waals surface area contributed by atoms with E-state index in [4.69, 9.17) is 14.0 Å². The molecule has 1 fully saturated rings. The number of carbonyl (C=O) groups is 1. The third kappa shape index (κ3) is 4.26. The van der Waals surface area contributed by atoms with Gasteiger partial charge in [0.2, 0.25) is 17.6 Å². The first-order valence-corrected chi connectivity index (χ1v) is 10.4. The molecule has 0 N–H and O–H groups in total.